The molecule has 2 N–H and O–H groups in total. The number of nitrogens with zero attached hydrogens (tertiary/aromatic N) is 4. The Morgan fingerprint density at radius 3 is 2.68 bits per heavy atom. The van der Waals surface area contributed by atoms with E-state index in [0.29, 0.717) is 25.2 Å². The van der Waals surface area contributed by atoms with Gasteiger partial charge in [-0.05, 0) is 41.3 Å². The minimum Gasteiger partial charge on any atom is -0.390 e. The van der Waals surface area contributed by atoms with E-state index in [2.05, 4.69) is 58.5 Å². The quantitative estimate of drug-likeness (QED) is 0.591. The van der Waals surface area contributed by atoms with Crippen LogP contribution in [-0.2, 0) is 18.4 Å². The van der Waals surface area contributed by atoms with Crippen LogP contribution in [0.25, 0.3) is 0 Å². The summed E-state index contributed by atoms with van der Waals surface area (Å²) in [7, 11) is 0. The van der Waals surface area contributed by atoms with Gasteiger partial charge in [-0.15, -0.1) is 0 Å². The molecule has 1 aromatic heterocycles. The largest absolute Gasteiger partial charge is 0.390 e. The number of carbonyl (C=O) groups excluding carboxylic acids is 1. The van der Waals surface area contributed by atoms with Gasteiger partial charge in [0.2, 0.25) is 0 Å². The third kappa shape index (κ3) is 4.67. The first-order chi connectivity index (χ1) is 16.4. The van der Waals surface area contributed by atoms with E-state index in [0.717, 1.165) is 36.4 Å². The van der Waals surface area contributed by atoms with Crippen molar-refractivity contribution in [3.05, 3.63) is 83.2 Å². The molecule has 1 atom stereocenters. The van der Waals surface area contributed by atoms with Gasteiger partial charge in [0.05, 0.1) is 24.2 Å². The van der Waals surface area contributed by atoms with Gasteiger partial charge in [0.25, 0.3) is 5.91 Å². The average Bonchev–Trinajstić information content (AvgIpc) is 2.83. The number of hydrogen-bond donors (Lipinski definition) is 2. The van der Waals surface area contributed by atoms with Crippen LogP contribution in [0.5, 0.6) is 0 Å². The summed E-state index contributed by atoms with van der Waals surface area (Å²) in [5.74, 6) is -0.0335. The maximum Gasteiger partial charge on any atom is 0.254 e. The SMILES string of the molecule is CC1(C)CN(CC(O)CN2CCc3ccccc3C2)C(=O)c2cc(Nc3ccnnc3)ccc21. The van der Waals surface area contributed by atoms with Crippen LogP contribution in [0.1, 0.15) is 40.9 Å². The summed E-state index contributed by atoms with van der Waals surface area (Å²) in [6.07, 6.45) is 3.66. The molecule has 0 spiro atoms. The zero-order chi connectivity index (χ0) is 23.7. The third-order valence-corrected chi connectivity index (χ3v) is 6.84. The molecular weight excluding hydrogens is 426 g/mol. The molecule has 176 valence electrons. The highest BCUT2D eigenvalue weighted by atomic mass is 16.3. The van der Waals surface area contributed by atoms with Gasteiger partial charge in [-0.1, -0.05) is 44.2 Å². The number of aromatic nitrogens is 2. The Hall–Kier alpha value is -3.29. The lowest BCUT2D eigenvalue weighted by Crippen LogP contribution is -2.51. The van der Waals surface area contributed by atoms with Crippen LogP contribution >= 0.6 is 0 Å². The minimum atomic E-state index is -0.601. The second kappa shape index (κ2) is 9.16. The highest BCUT2D eigenvalue weighted by Gasteiger charge is 2.37. The molecule has 5 rings (SSSR count). The number of hydrogen-bond acceptors (Lipinski definition) is 6. The van der Waals surface area contributed by atoms with E-state index in [1.54, 1.807) is 12.4 Å². The predicted octanol–water partition coefficient (Wildman–Crippen LogP) is 3.37. The molecule has 0 saturated carbocycles. The van der Waals surface area contributed by atoms with Crippen LogP contribution in [0.3, 0.4) is 0 Å². The highest BCUT2D eigenvalue weighted by Crippen LogP contribution is 2.35. The van der Waals surface area contributed by atoms with Crippen LogP contribution in [0, 0.1) is 0 Å². The van der Waals surface area contributed by atoms with Crippen molar-refractivity contribution in [2.75, 3.05) is 31.5 Å². The highest BCUT2D eigenvalue weighted by molar-refractivity contribution is 5.98. The van der Waals surface area contributed by atoms with Crippen molar-refractivity contribution in [1.82, 2.24) is 20.0 Å². The van der Waals surface area contributed by atoms with Crippen LogP contribution in [0.2, 0.25) is 0 Å². The topological polar surface area (TPSA) is 81.6 Å². The molecule has 0 saturated heterocycles. The van der Waals surface area contributed by atoms with Crippen molar-refractivity contribution in [3.63, 3.8) is 0 Å². The van der Waals surface area contributed by atoms with Gasteiger partial charge in [0.1, 0.15) is 0 Å². The van der Waals surface area contributed by atoms with Crippen LogP contribution < -0.4 is 5.32 Å². The molecule has 2 aromatic carbocycles. The molecular formula is C27H31N5O2. The molecule has 0 radical (unpaired) electrons. The van der Waals surface area contributed by atoms with E-state index in [-0.39, 0.29) is 11.3 Å². The van der Waals surface area contributed by atoms with Crippen molar-refractivity contribution >= 4 is 17.3 Å². The van der Waals surface area contributed by atoms with Crippen LogP contribution in [0.4, 0.5) is 11.4 Å². The summed E-state index contributed by atoms with van der Waals surface area (Å²) >= 11 is 0. The van der Waals surface area contributed by atoms with Gasteiger partial charge < -0.3 is 15.3 Å². The predicted molar refractivity (Wildman–Crippen MR) is 132 cm³/mol. The van der Waals surface area contributed by atoms with Crippen molar-refractivity contribution in [1.29, 1.82) is 0 Å². The molecule has 3 aromatic rings. The van der Waals surface area contributed by atoms with E-state index in [9.17, 15) is 9.90 Å². The van der Waals surface area contributed by atoms with Crippen molar-refractivity contribution in [3.8, 4) is 0 Å². The maximum absolute atomic E-state index is 13.5. The zero-order valence-electron chi connectivity index (χ0n) is 19.7. The summed E-state index contributed by atoms with van der Waals surface area (Å²) in [4.78, 5) is 17.5. The third-order valence-electron chi connectivity index (χ3n) is 6.84. The number of amides is 1. The zero-order valence-corrected chi connectivity index (χ0v) is 19.7. The van der Waals surface area contributed by atoms with Gasteiger partial charge >= 0.3 is 0 Å². The fourth-order valence-electron chi connectivity index (χ4n) is 5.19. The summed E-state index contributed by atoms with van der Waals surface area (Å²) < 4.78 is 0. The van der Waals surface area contributed by atoms with Gasteiger partial charge in [-0.2, -0.15) is 10.2 Å². The Balaban J connectivity index is 1.29. The van der Waals surface area contributed by atoms with E-state index in [4.69, 9.17) is 0 Å². The van der Waals surface area contributed by atoms with Gasteiger partial charge in [-0.3, -0.25) is 9.69 Å². The number of rotatable bonds is 6. The van der Waals surface area contributed by atoms with Crippen molar-refractivity contribution in [2.24, 2.45) is 0 Å². The molecule has 7 heteroatoms. The van der Waals surface area contributed by atoms with Gasteiger partial charge in [0.15, 0.2) is 0 Å². The number of carbonyl (C=O) groups is 1. The standard InChI is InChI=1S/C27H31N5O2/c1-27(2)18-32(17-23(33)16-31-12-10-19-5-3-4-6-20(19)15-31)26(34)24-13-21(7-8-25(24)27)30-22-9-11-28-29-14-22/h3-9,11,13-14,23,33H,10,12,15-18H2,1-2H3,(H,28,30). The van der Waals surface area contributed by atoms with Gasteiger partial charge in [0, 0.05) is 49.4 Å². The molecule has 0 aliphatic carbocycles. The second-order valence-electron chi connectivity index (χ2n) is 9.99. The van der Waals surface area contributed by atoms with Crippen LogP contribution in [-0.4, -0.2) is 63.3 Å². The van der Waals surface area contributed by atoms with E-state index < -0.39 is 6.10 Å². The molecule has 0 fully saturated rings. The fraction of sp³-hybridized carbons (Fsp3) is 0.370. The average molecular weight is 458 g/mol. The maximum atomic E-state index is 13.5. The molecule has 34 heavy (non-hydrogen) atoms. The molecule has 1 amide bonds. The summed E-state index contributed by atoms with van der Waals surface area (Å²) in [6, 6.07) is 16.3. The number of fused-ring (bicyclic) bond motifs is 2. The number of nitrogens with one attached hydrogen (secondary N) is 1. The Kier molecular flexibility index (Phi) is 6.06. The van der Waals surface area contributed by atoms with Crippen LogP contribution in [0.15, 0.2) is 60.9 Å². The smallest absolute Gasteiger partial charge is 0.254 e. The Bertz CT molecular complexity index is 1180. The van der Waals surface area contributed by atoms with Crippen molar-refractivity contribution in [2.45, 2.75) is 38.3 Å². The summed E-state index contributed by atoms with van der Waals surface area (Å²) in [5, 5.41) is 21.9. The number of anilines is 2. The Morgan fingerprint density at radius 2 is 1.88 bits per heavy atom. The molecule has 0 bridgehead atoms. The molecule has 2 aliphatic rings. The first kappa shape index (κ1) is 22.5. The normalized spacial score (nSPS) is 18.2. The molecule has 1 unspecified atom stereocenters. The molecule has 7 nitrogen and oxygen atoms in total. The monoisotopic (exact) mass is 457 g/mol. The van der Waals surface area contributed by atoms with E-state index >= 15 is 0 Å². The lowest BCUT2D eigenvalue weighted by atomic mass is 9.78. The first-order valence-corrected chi connectivity index (χ1v) is 11.8. The molecule has 3 heterocycles. The molecule has 2 aliphatic heterocycles. The lowest BCUT2D eigenvalue weighted by Gasteiger charge is -2.41. The van der Waals surface area contributed by atoms with E-state index in [1.165, 1.54) is 11.1 Å². The fourth-order valence-corrected chi connectivity index (χ4v) is 5.19. The van der Waals surface area contributed by atoms with Gasteiger partial charge in [-0.25, -0.2) is 0 Å². The number of β-amino-alcohol motifs (C(OH)–C–C–N with tert-alkyl or cyclic N) is 1. The lowest BCUT2D eigenvalue weighted by molar-refractivity contribution is 0.0431. The summed E-state index contributed by atoms with van der Waals surface area (Å²) in [6.45, 7) is 7.54. The number of aliphatic hydroxyl groups is 1. The van der Waals surface area contributed by atoms with E-state index in [1.807, 2.05) is 29.2 Å². The summed E-state index contributed by atoms with van der Waals surface area (Å²) in [5.41, 5.74) is 5.87. The van der Waals surface area contributed by atoms with Crippen molar-refractivity contribution < 1.29 is 9.90 Å². The second-order valence-corrected chi connectivity index (χ2v) is 9.99. The Labute approximate surface area is 200 Å². The number of benzene rings is 2. The Morgan fingerprint density at radius 1 is 1.06 bits per heavy atom. The minimum absolute atomic E-state index is 0.0335. The first-order valence-electron chi connectivity index (χ1n) is 11.8. The number of aliphatic hydroxyl groups excluding tert-OH is 1.